The number of H-pyrrole nitrogens is 1. The number of fused-ring (bicyclic) bond motifs is 3. The van der Waals surface area contributed by atoms with Crippen LogP contribution < -0.4 is 5.32 Å². The van der Waals surface area contributed by atoms with Crippen molar-refractivity contribution in [2.24, 2.45) is 0 Å². The molecule has 4 rings (SSSR count). The number of nitrogens with zero attached hydrogens (tertiary/aromatic N) is 1. The average Bonchev–Trinajstić information content (AvgIpc) is 2.97. The molecule has 0 saturated heterocycles. The summed E-state index contributed by atoms with van der Waals surface area (Å²) in [7, 11) is 0. The zero-order valence-corrected chi connectivity index (χ0v) is 15.2. The molecule has 6 heteroatoms. The van der Waals surface area contributed by atoms with Gasteiger partial charge in [-0.25, -0.2) is 0 Å². The van der Waals surface area contributed by atoms with Crippen LogP contribution in [0.4, 0.5) is 5.69 Å². The van der Waals surface area contributed by atoms with E-state index in [9.17, 15) is 4.79 Å². The van der Waals surface area contributed by atoms with E-state index in [-0.39, 0.29) is 5.91 Å². The maximum Gasteiger partial charge on any atom is 0.224 e. The summed E-state index contributed by atoms with van der Waals surface area (Å²) in [5, 5.41) is 6.06. The zero-order chi connectivity index (χ0) is 18.1. The molecular formula is C20H15Cl2N3O. The number of nitrogens with one attached hydrogen (secondary N) is 2. The molecule has 26 heavy (non-hydrogen) atoms. The van der Waals surface area contributed by atoms with Gasteiger partial charge in [0.2, 0.25) is 5.91 Å². The van der Waals surface area contributed by atoms with Crippen molar-refractivity contribution in [2.45, 2.75) is 12.8 Å². The Morgan fingerprint density at radius 1 is 1.00 bits per heavy atom. The smallest absolute Gasteiger partial charge is 0.224 e. The standard InChI is InChI=1S/C20H15Cl2N3O/c21-12-7-13(22)9-15(8-12)24-20(26)6-5-14-10-17-16-3-1-2-4-18(16)25-19(17)11-23-14/h1-4,7-11,25H,5-6H2,(H,24,26). The van der Waals surface area contributed by atoms with Gasteiger partial charge in [0.05, 0.1) is 11.7 Å². The highest BCUT2D eigenvalue weighted by molar-refractivity contribution is 6.35. The summed E-state index contributed by atoms with van der Waals surface area (Å²) in [6, 6.07) is 15.1. The number of rotatable bonds is 4. The zero-order valence-electron chi connectivity index (χ0n) is 13.7. The monoisotopic (exact) mass is 383 g/mol. The summed E-state index contributed by atoms with van der Waals surface area (Å²) in [6.45, 7) is 0. The van der Waals surface area contributed by atoms with Gasteiger partial charge in [-0.1, -0.05) is 41.4 Å². The largest absolute Gasteiger partial charge is 0.353 e. The third-order valence-electron chi connectivity index (χ3n) is 4.20. The molecule has 0 aliphatic heterocycles. The van der Waals surface area contributed by atoms with Gasteiger partial charge >= 0.3 is 0 Å². The Bertz CT molecular complexity index is 1100. The van der Waals surface area contributed by atoms with Crippen molar-refractivity contribution in [3.05, 3.63) is 70.5 Å². The number of carbonyl (C=O) groups excluding carboxylic acids is 1. The number of aromatic amines is 1. The van der Waals surface area contributed by atoms with Crippen LogP contribution in [0, 0.1) is 0 Å². The van der Waals surface area contributed by atoms with Crippen LogP contribution in [-0.4, -0.2) is 15.9 Å². The highest BCUT2D eigenvalue weighted by atomic mass is 35.5. The van der Waals surface area contributed by atoms with E-state index < -0.39 is 0 Å². The summed E-state index contributed by atoms with van der Waals surface area (Å²) < 4.78 is 0. The van der Waals surface area contributed by atoms with Crippen molar-refractivity contribution in [3.8, 4) is 0 Å². The summed E-state index contributed by atoms with van der Waals surface area (Å²) in [5.74, 6) is -0.107. The lowest BCUT2D eigenvalue weighted by atomic mass is 10.1. The van der Waals surface area contributed by atoms with Gasteiger partial charge in [0.1, 0.15) is 0 Å². The number of hydrogen-bond donors (Lipinski definition) is 2. The molecule has 0 unspecified atom stereocenters. The number of carbonyl (C=O) groups is 1. The van der Waals surface area contributed by atoms with Crippen LogP contribution in [0.2, 0.25) is 10.0 Å². The Balaban J connectivity index is 1.48. The van der Waals surface area contributed by atoms with E-state index in [1.807, 2.05) is 30.5 Å². The van der Waals surface area contributed by atoms with Crippen LogP contribution in [0.5, 0.6) is 0 Å². The van der Waals surface area contributed by atoms with Crippen LogP contribution >= 0.6 is 23.2 Å². The number of hydrogen-bond acceptors (Lipinski definition) is 2. The number of anilines is 1. The topological polar surface area (TPSA) is 57.8 Å². The predicted molar refractivity (Wildman–Crippen MR) is 107 cm³/mol. The first-order valence-electron chi connectivity index (χ1n) is 8.20. The summed E-state index contributed by atoms with van der Waals surface area (Å²) >= 11 is 11.9. The van der Waals surface area contributed by atoms with Gasteiger partial charge < -0.3 is 10.3 Å². The number of pyridine rings is 1. The van der Waals surface area contributed by atoms with E-state index in [0.29, 0.717) is 28.6 Å². The quantitative estimate of drug-likeness (QED) is 0.482. The third-order valence-corrected chi connectivity index (χ3v) is 4.64. The number of aromatic nitrogens is 2. The molecule has 0 spiro atoms. The maximum absolute atomic E-state index is 12.2. The van der Waals surface area contributed by atoms with E-state index >= 15 is 0 Å². The normalized spacial score (nSPS) is 11.2. The minimum Gasteiger partial charge on any atom is -0.353 e. The molecule has 1 amide bonds. The third kappa shape index (κ3) is 3.52. The fourth-order valence-electron chi connectivity index (χ4n) is 3.02. The lowest BCUT2D eigenvalue weighted by molar-refractivity contribution is -0.116. The van der Waals surface area contributed by atoms with Crippen molar-refractivity contribution in [2.75, 3.05) is 5.32 Å². The van der Waals surface area contributed by atoms with Crippen molar-refractivity contribution < 1.29 is 4.79 Å². The molecule has 0 aliphatic rings. The van der Waals surface area contributed by atoms with Gasteiger partial charge in [0.15, 0.2) is 0 Å². The van der Waals surface area contributed by atoms with Crippen LogP contribution in [0.15, 0.2) is 54.7 Å². The average molecular weight is 384 g/mol. The molecule has 4 nitrogen and oxygen atoms in total. The van der Waals surface area contributed by atoms with Crippen LogP contribution in [0.25, 0.3) is 21.8 Å². The molecule has 0 aliphatic carbocycles. The van der Waals surface area contributed by atoms with Crippen LogP contribution in [-0.2, 0) is 11.2 Å². The van der Waals surface area contributed by atoms with Gasteiger partial charge in [-0.15, -0.1) is 0 Å². The Labute approximate surface area is 160 Å². The van der Waals surface area contributed by atoms with Gasteiger partial charge in [-0.3, -0.25) is 9.78 Å². The second-order valence-corrected chi connectivity index (χ2v) is 6.97. The first-order chi connectivity index (χ1) is 12.6. The van der Waals surface area contributed by atoms with Gasteiger partial charge in [0.25, 0.3) is 0 Å². The minimum absolute atomic E-state index is 0.107. The number of para-hydroxylation sites is 1. The Hall–Kier alpha value is -2.56. The SMILES string of the molecule is O=C(CCc1cc2c(cn1)[nH]c1ccccc12)Nc1cc(Cl)cc(Cl)c1. The molecular weight excluding hydrogens is 369 g/mol. The number of benzene rings is 2. The molecule has 0 atom stereocenters. The Morgan fingerprint density at radius 2 is 1.77 bits per heavy atom. The molecule has 2 aromatic heterocycles. The van der Waals surface area contributed by atoms with Crippen molar-refractivity contribution in [3.63, 3.8) is 0 Å². The lowest BCUT2D eigenvalue weighted by Crippen LogP contribution is -2.12. The fraction of sp³-hybridized carbons (Fsp3) is 0.100. The number of amides is 1. The maximum atomic E-state index is 12.2. The molecule has 2 N–H and O–H groups in total. The number of aryl methyl sites for hydroxylation is 1. The van der Waals surface area contributed by atoms with E-state index in [4.69, 9.17) is 23.2 Å². The van der Waals surface area contributed by atoms with Gasteiger partial charge in [-0.2, -0.15) is 0 Å². The Morgan fingerprint density at radius 3 is 2.58 bits per heavy atom. The van der Waals surface area contributed by atoms with E-state index in [2.05, 4.69) is 21.4 Å². The van der Waals surface area contributed by atoms with E-state index in [1.54, 1.807) is 18.2 Å². The van der Waals surface area contributed by atoms with Crippen LogP contribution in [0.3, 0.4) is 0 Å². The molecule has 0 fully saturated rings. The predicted octanol–water partition coefficient (Wildman–Crippen LogP) is 5.59. The minimum atomic E-state index is -0.107. The summed E-state index contributed by atoms with van der Waals surface area (Å²) in [5.41, 5.74) is 3.54. The molecule has 0 saturated carbocycles. The molecule has 4 aromatic rings. The summed E-state index contributed by atoms with van der Waals surface area (Å²) in [4.78, 5) is 20.0. The van der Waals surface area contributed by atoms with Crippen LogP contribution in [0.1, 0.15) is 12.1 Å². The Kier molecular flexibility index (Phi) is 4.53. The van der Waals surface area contributed by atoms with E-state index in [0.717, 1.165) is 27.5 Å². The highest BCUT2D eigenvalue weighted by Crippen LogP contribution is 2.25. The van der Waals surface area contributed by atoms with Crippen molar-refractivity contribution in [1.29, 1.82) is 0 Å². The number of halogens is 2. The second kappa shape index (κ2) is 6.98. The highest BCUT2D eigenvalue weighted by Gasteiger charge is 2.08. The van der Waals surface area contributed by atoms with Crippen molar-refractivity contribution in [1.82, 2.24) is 9.97 Å². The van der Waals surface area contributed by atoms with Gasteiger partial charge in [0, 0.05) is 44.1 Å². The lowest BCUT2D eigenvalue weighted by Gasteiger charge is -2.06. The molecule has 2 heterocycles. The molecule has 0 radical (unpaired) electrons. The molecule has 2 aromatic carbocycles. The van der Waals surface area contributed by atoms with Crippen molar-refractivity contribution >= 4 is 56.6 Å². The first-order valence-corrected chi connectivity index (χ1v) is 8.95. The fourth-order valence-corrected chi connectivity index (χ4v) is 3.55. The first kappa shape index (κ1) is 16.9. The summed E-state index contributed by atoms with van der Waals surface area (Å²) in [6.07, 6.45) is 2.69. The van der Waals surface area contributed by atoms with E-state index in [1.165, 1.54) is 0 Å². The van der Waals surface area contributed by atoms with Gasteiger partial charge in [-0.05, 0) is 36.8 Å². The second-order valence-electron chi connectivity index (χ2n) is 6.10. The molecule has 0 bridgehead atoms. The molecule has 130 valence electrons.